The predicted octanol–water partition coefficient (Wildman–Crippen LogP) is 1.77. The minimum Gasteiger partial charge on any atom is -0.467 e. The normalized spacial score (nSPS) is 11.3. The molecule has 0 aliphatic carbocycles. The predicted molar refractivity (Wildman–Crippen MR) is 59.9 cm³/mol. The average Bonchev–Trinajstić information content (AvgIpc) is 2.15. The summed E-state index contributed by atoms with van der Waals surface area (Å²) < 4.78 is 3.18. The van der Waals surface area contributed by atoms with E-state index in [1.54, 1.807) is 19.0 Å². The fourth-order valence-electron chi connectivity index (χ4n) is 0.764. The van der Waals surface area contributed by atoms with Crippen molar-refractivity contribution in [1.29, 1.82) is 0 Å². The molecule has 0 unspecified atom stereocenters. The van der Waals surface area contributed by atoms with Crippen LogP contribution in [0.25, 0.3) is 0 Å². The Hall–Kier alpha value is -0.520. The summed E-state index contributed by atoms with van der Waals surface area (Å²) >= 11 is 17.0. The summed E-state index contributed by atoms with van der Waals surface area (Å²) in [6.45, 7) is 0. The smallest absolute Gasteiger partial charge is 0.321 e. The van der Waals surface area contributed by atoms with Crippen molar-refractivity contribution in [3.63, 3.8) is 0 Å². The fourth-order valence-corrected chi connectivity index (χ4v) is 1.02. The molecular weight excluding hydrogens is 262 g/mol. The van der Waals surface area contributed by atoms with Crippen LogP contribution >= 0.6 is 34.8 Å². The molecule has 0 atom stereocenters. The van der Waals surface area contributed by atoms with Gasteiger partial charge in [-0.15, -0.1) is 0 Å². The summed E-state index contributed by atoms with van der Waals surface area (Å²) in [5, 5.41) is 0. The van der Waals surface area contributed by atoms with Crippen molar-refractivity contribution in [2.75, 3.05) is 26.1 Å². The standard InChI is InChI=1S/C7H9Cl3N4O/c1-14(2)5-11-4(7(8,9)10)12-6(13-5)15-3/h1-3H3. The number of anilines is 1. The summed E-state index contributed by atoms with van der Waals surface area (Å²) in [5.74, 6) is 0.395. The van der Waals surface area contributed by atoms with E-state index in [9.17, 15) is 0 Å². The highest BCUT2D eigenvalue weighted by Crippen LogP contribution is 2.36. The SMILES string of the molecule is COc1nc(N(C)C)nc(C(Cl)(Cl)Cl)n1. The van der Waals surface area contributed by atoms with Crippen LogP contribution in [-0.2, 0) is 3.79 Å². The molecule has 84 valence electrons. The van der Waals surface area contributed by atoms with Gasteiger partial charge < -0.3 is 9.64 Å². The van der Waals surface area contributed by atoms with Crippen molar-refractivity contribution in [2.24, 2.45) is 0 Å². The third-order valence-electron chi connectivity index (χ3n) is 1.44. The van der Waals surface area contributed by atoms with E-state index in [0.717, 1.165) is 0 Å². The first-order valence-corrected chi connectivity index (χ1v) is 5.02. The molecule has 0 bridgehead atoms. The molecule has 1 aromatic rings. The monoisotopic (exact) mass is 270 g/mol. The van der Waals surface area contributed by atoms with Gasteiger partial charge in [0.05, 0.1) is 7.11 Å². The maximum atomic E-state index is 5.67. The first kappa shape index (κ1) is 12.5. The lowest BCUT2D eigenvalue weighted by Gasteiger charge is -2.14. The molecule has 5 nitrogen and oxygen atoms in total. The number of hydrogen-bond donors (Lipinski definition) is 0. The Kier molecular flexibility index (Phi) is 3.81. The van der Waals surface area contributed by atoms with Gasteiger partial charge >= 0.3 is 6.01 Å². The molecule has 0 radical (unpaired) electrons. The maximum absolute atomic E-state index is 5.67. The molecule has 0 spiro atoms. The van der Waals surface area contributed by atoms with Crippen molar-refractivity contribution in [1.82, 2.24) is 15.0 Å². The van der Waals surface area contributed by atoms with E-state index in [1.807, 2.05) is 0 Å². The molecule has 0 aliphatic rings. The van der Waals surface area contributed by atoms with Crippen LogP contribution in [0.3, 0.4) is 0 Å². The minimum absolute atomic E-state index is 0.0306. The second-order valence-corrected chi connectivity index (χ2v) is 5.12. The van der Waals surface area contributed by atoms with E-state index in [2.05, 4.69) is 15.0 Å². The Bertz CT molecular complexity index is 353. The van der Waals surface area contributed by atoms with E-state index < -0.39 is 3.79 Å². The van der Waals surface area contributed by atoms with Gasteiger partial charge in [-0.2, -0.15) is 15.0 Å². The van der Waals surface area contributed by atoms with Crippen LogP contribution in [-0.4, -0.2) is 36.2 Å². The second kappa shape index (κ2) is 4.55. The third-order valence-corrected chi connectivity index (χ3v) is 1.95. The average molecular weight is 272 g/mol. The van der Waals surface area contributed by atoms with Gasteiger partial charge in [-0.3, -0.25) is 0 Å². The number of alkyl halides is 3. The molecule has 1 heterocycles. The summed E-state index contributed by atoms with van der Waals surface area (Å²) in [6, 6.07) is 0.107. The zero-order valence-electron chi connectivity index (χ0n) is 8.33. The highest BCUT2D eigenvalue weighted by atomic mass is 35.6. The van der Waals surface area contributed by atoms with Crippen LogP contribution in [0.4, 0.5) is 5.95 Å². The Morgan fingerprint density at radius 2 is 1.73 bits per heavy atom. The highest BCUT2D eigenvalue weighted by Gasteiger charge is 2.28. The number of nitrogens with zero attached hydrogens (tertiary/aromatic N) is 4. The van der Waals surface area contributed by atoms with Crippen molar-refractivity contribution in [2.45, 2.75) is 3.79 Å². The van der Waals surface area contributed by atoms with E-state index in [0.29, 0.717) is 5.95 Å². The molecule has 0 N–H and O–H groups in total. The summed E-state index contributed by atoms with van der Waals surface area (Å²) in [7, 11) is 4.95. The number of hydrogen-bond acceptors (Lipinski definition) is 5. The maximum Gasteiger partial charge on any atom is 0.321 e. The molecule has 8 heteroatoms. The molecule has 0 amide bonds. The summed E-state index contributed by atoms with van der Waals surface area (Å²) in [5.41, 5.74) is 0. The van der Waals surface area contributed by atoms with Gasteiger partial charge in [0.1, 0.15) is 0 Å². The lowest BCUT2D eigenvalue weighted by molar-refractivity contribution is 0.376. The van der Waals surface area contributed by atoms with Crippen molar-refractivity contribution < 1.29 is 4.74 Å². The van der Waals surface area contributed by atoms with E-state index in [-0.39, 0.29) is 11.8 Å². The van der Waals surface area contributed by atoms with Gasteiger partial charge in [-0.05, 0) is 0 Å². The van der Waals surface area contributed by atoms with Crippen molar-refractivity contribution in [3.8, 4) is 6.01 Å². The fraction of sp³-hybridized carbons (Fsp3) is 0.571. The van der Waals surface area contributed by atoms with Crippen molar-refractivity contribution >= 4 is 40.8 Å². The first-order valence-electron chi connectivity index (χ1n) is 3.89. The summed E-state index contributed by atoms with van der Waals surface area (Å²) in [6.07, 6.45) is 0. The van der Waals surface area contributed by atoms with Gasteiger partial charge in [-0.25, -0.2) is 0 Å². The topological polar surface area (TPSA) is 51.1 Å². The van der Waals surface area contributed by atoms with Gasteiger partial charge in [0.2, 0.25) is 9.74 Å². The number of rotatable bonds is 2. The van der Waals surface area contributed by atoms with Gasteiger partial charge in [-0.1, -0.05) is 34.8 Å². The molecule has 15 heavy (non-hydrogen) atoms. The summed E-state index contributed by atoms with van der Waals surface area (Å²) in [4.78, 5) is 13.4. The van der Waals surface area contributed by atoms with Crippen molar-refractivity contribution in [3.05, 3.63) is 5.82 Å². The van der Waals surface area contributed by atoms with Crippen LogP contribution in [0.5, 0.6) is 6.01 Å². The van der Waals surface area contributed by atoms with Crippen LogP contribution in [0.15, 0.2) is 0 Å². The molecule has 0 saturated carbocycles. The Morgan fingerprint density at radius 3 is 2.13 bits per heavy atom. The Labute approximate surface area is 102 Å². The molecular formula is C7H9Cl3N4O. The Morgan fingerprint density at radius 1 is 1.13 bits per heavy atom. The molecule has 0 fully saturated rings. The van der Waals surface area contributed by atoms with Crippen LogP contribution in [0.1, 0.15) is 5.82 Å². The number of halogens is 3. The Balaban J connectivity index is 3.23. The zero-order chi connectivity index (χ0) is 11.6. The lowest BCUT2D eigenvalue weighted by atomic mass is 10.6. The highest BCUT2D eigenvalue weighted by molar-refractivity contribution is 6.66. The first-order chi connectivity index (χ1) is 6.84. The van der Waals surface area contributed by atoms with E-state index in [4.69, 9.17) is 39.5 Å². The van der Waals surface area contributed by atoms with Gasteiger partial charge in [0.15, 0.2) is 5.82 Å². The third kappa shape index (κ3) is 3.22. The molecule has 0 saturated heterocycles. The lowest BCUT2D eigenvalue weighted by Crippen LogP contribution is -2.18. The molecule has 1 aromatic heterocycles. The second-order valence-electron chi connectivity index (χ2n) is 2.84. The quantitative estimate of drug-likeness (QED) is 0.767. The zero-order valence-corrected chi connectivity index (χ0v) is 10.6. The van der Waals surface area contributed by atoms with E-state index >= 15 is 0 Å². The molecule has 1 rings (SSSR count). The van der Waals surface area contributed by atoms with Gasteiger partial charge in [0, 0.05) is 14.1 Å². The van der Waals surface area contributed by atoms with Gasteiger partial charge in [0.25, 0.3) is 0 Å². The van der Waals surface area contributed by atoms with Crippen LogP contribution < -0.4 is 9.64 Å². The number of ether oxygens (including phenoxy) is 1. The molecule has 0 aliphatic heterocycles. The van der Waals surface area contributed by atoms with Crippen LogP contribution in [0, 0.1) is 0 Å². The molecule has 0 aromatic carbocycles. The van der Waals surface area contributed by atoms with E-state index in [1.165, 1.54) is 7.11 Å². The number of aromatic nitrogens is 3. The minimum atomic E-state index is -1.69. The van der Waals surface area contributed by atoms with Crippen LogP contribution in [0.2, 0.25) is 0 Å². The number of methoxy groups -OCH3 is 1. The largest absolute Gasteiger partial charge is 0.467 e.